The van der Waals surface area contributed by atoms with Crippen molar-refractivity contribution in [3.8, 4) is 0 Å². The highest BCUT2D eigenvalue weighted by molar-refractivity contribution is 8.25. The van der Waals surface area contributed by atoms with Crippen LogP contribution in [0.1, 0.15) is 5.56 Å². The van der Waals surface area contributed by atoms with Gasteiger partial charge in [0.25, 0.3) is 0 Å². The molecule has 0 amide bonds. The highest BCUT2D eigenvalue weighted by Gasteiger charge is 1.87. The second kappa shape index (κ2) is 4.76. The molecule has 0 aliphatic heterocycles. The SMILES string of the molecule is [SiH3][SiH2]SCc1ccccc1. The number of hydrogen-bond donors (Lipinski definition) is 0. The summed E-state index contributed by atoms with van der Waals surface area (Å²) < 4.78 is 0. The Morgan fingerprint density at radius 2 is 2.00 bits per heavy atom. The largest absolute Gasteiger partial charge is 0.193 e. The maximum Gasteiger partial charge on any atom is 0.0681 e. The zero-order chi connectivity index (χ0) is 7.23. The fourth-order valence-corrected chi connectivity index (χ4v) is 4.58. The van der Waals surface area contributed by atoms with Crippen LogP contribution in [0.25, 0.3) is 0 Å². The van der Waals surface area contributed by atoms with E-state index in [4.69, 9.17) is 0 Å². The molecule has 0 N–H and O–H groups in total. The van der Waals surface area contributed by atoms with Crippen molar-refractivity contribution in [2.24, 2.45) is 0 Å². The van der Waals surface area contributed by atoms with Gasteiger partial charge in [0, 0.05) is 15.5 Å². The summed E-state index contributed by atoms with van der Waals surface area (Å²) in [5, 5.41) is 0. The molecule has 0 aromatic heterocycles. The lowest BCUT2D eigenvalue weighted by Gasteiger charge is -1.96. The molecule has 1 aromatic rings. The van der Waals surface area contributed by atoms with Gasteiger partial charge in [0.05, 0.1) is 8.19 Å². The van der Waals surface area contributed by atoms with E-state index in [1.165, 1.54) is 21.1 Å². The van der Waals surface area contributed by atoms with Crippen LogP contribution in [0.2, 0.25) is 0 Å². The molecule has 0 radical (unpaired) electrons. The van der Waals surface area contributed by atoms with Crippen molar-refractivity contribution in [2.45, 2.75) is 5.75 Å². The van der Waals surface area contributed by atoms with E-state index >= 15 is 0 Å². The van der Waals surface area contributed by atoms with Crippen LogP contribution in [0.5, 0.6) is 0 Å². The van der Waals surface area contributed by atoms with Crippen molar-refractivity contribution in [1.82, 2.24) is 0 Å². The molecule has 0 aliphatic rings. The van der Waals surface area contributed by atoms with Crippen LogP contribution >= 0.6 is 11.2 Å². The van der Waals surface area contributed by atoms with E-state index in [9.17, 15) is 0 Å². The average molecular weight is 184 g/mol. The van der Waals surface area contributed by atoms with Gasteiger partial charge in [0.1, 0.15) is 0 Å². The van der Waals surface area contributed by atoms with Crippen LogP contribution in [0, 0.1) is 0 Å². The first kappa shape index (κ1) is 8.10. The van der Waals surface area contributed by atoms with Gasteiger partial charge in [-0.05, 0) is 5.56 Å². The van der Waals surface area contributed by atoms with Gasteiger partial charge in [-0.15, -0.1) is 0 Å². The lowest BCUT2D eigenvalue weighted by atomic mass is 10.2. The minimum atomic E-state index is 0.326. The molecule has 54 valence electrons. The molecule has 0 atom stereocenters. The summed E-state index contributed by atoms with van der Waals surface area (Å²) in [6.07, 6.45) is 0. The summed E-state index contributed by atoms with van der Waals surface area (Å²) in [5.74, 6) is 1.25. The standard InChI is InChI=1S/C7H12SSi2/c9-10-8-6-7-4-2-1-3-5-7/h1-5H,6,10H2,9H3. The van der Waals surface area contributed by atoms with Crippen LogP contribution < -0.4 is 0 Å². The van der Waals surface area contributed by atoms with Gasteiger partial charge in [0.2, 0.25) is 0 Å². The molecule has 0 aliphatic carbocycles. The van der Waals surface area contributed by atoms with Crippen molar-refractivity contribution in [1.29, 1.82) is 0 Å². The molecule has 0 heterocycles. The van der Waals surface area contributed by atoms with Crippen LogP contribution in [-0.4, -0.2) is 17.9 Å². The second-order valence-corrected chi connectivity index (χ2v) is 11.5. The van der Waals surface area contributed by atoms with E-state index in [0.717, 1.165) is 0 Å². The molecule has 0 bridgehead atoms. The maximum atomic E-state index is 2.21. The second-order valence-electron chi connectivity index (χ2n) is 2.12. The molecule has 0 fully saturated rings. The Kier molecular flexibility index (Phi) is 3.86. The van der Waals surface area contributed by atoms with Crippen LogP contribution in [0.3, 0.4) is 0 Å². The highest BCUT2D eigenvalue weighted by Crippen LogP contribution is 2.07. The summed E-state index contributed by atoms with van der Waals surface area (Å²) in [6, 6.07) is 10.7. The molecule has 0 saturated carbocycles. The first-order chi connectivity index (χ1) is 4.93. The van der Waals surface area contributed by atoms with E-state index in [1.807, 2.05) is 0 Å². The van der Waals surface area contributed by atoms with Gasteiger partial charge in [-0.3, -0.25) is 0 Å². The Bertz CT molecular complexity index is 176. The summed E-state index contributed by atoms with van der Waals surface area (Å²) in [5.41, 5.74) is 1.48. The quantitative estimate of drug-likeness (QED) is 0.608. The third-order valence-electron chi connectivity index (χ3n) is 1.32. The molecule has 0 unspecified atom stereocenters. The number of rotatable bonds is 3. The Morgan fingerprint density at radius 1 is 1.30 bits per heavy atom. The van der Waals surface area contributed by atoms with Gasteiger partial charge in [-0.2, -0.15) is 11.2 Å². The van der Waals surface area contributed by atoms with Gasteiger partial charge in [0.15, 0.2) is 0 Å². The van der Waals surface area contributed by atoms with Crippen LogP contribution in [0.4, 0.5) is 0 Å². The summed E-state index contributed by atoms with van der Waals surface area (Å²) in [7, 11) is 1.78. The van der Waals surface area contributed by atoms with Crippen molar-refractivity contribution in [3.05, 3.63) is 35.9 Å². The Hall–Kier alpha value is 0.00377. The molecule has 0 saturated heterocycles. The fourth-order valence-electron chi connectivity index (χ4n) is 0.794. The van der Waals surface area contributed by atoms with E-state index in [2.05, 4.69) is 41.5 Å². The van der Waals surface area contributed by atoms with E-state index in [1.54, 1.807) is 0 Å². The molecule has 3 heteroatoms. The van der Waals surface area contributed by atoms with Crippen molar-refractivity contribution >= 4 is 29.2 Å². The zero-order valence-corrected chi connectivity index (χ0v) is 10.4. The van der Waals surface area contributed by atoms with E-state index in [0.29, 0.717) is 8.19 Å². The molecular formula is C7H12SSi2. The Morgan fingerprint density at radius 3 is 2.60 bits per heavy atom. The first-order valence-electron chi connectivity index (χ1n) is 3.55. The van der Waals surface area contributed by atoms with Gasteiger partial charge < -0.3 is 0 Å². The molecule has 1 aromatic carbocycles. The predicted octanol–water partition coefficient (Wildman–Crippen LogP) is 0.284. The monoisotopic (exact) mass is 184 g/mol. The Balaban J connectivity index is 2.43. The van der Waals surface area contributed by atoms with Crippen molar-refractivity contribution in [3.63, 3.8) is 0 Å². The molecule has 0 spiro atoms. The molecule has 0 nitrogen and oxygen atoms in total. The van der Waals surface area contributed by atoms with Gasteiger partial charge in [-0.1, -0.05) is 30.3 Å². The van der Waals surface area contributed by atoms with Crippen molar-refractivity contribution in [2.75, 3.05) is 0 Å². The van der Waals surface area contributed by atoms with Crippen molar-refractivity contribution < 1.29 is 0 Å². The highest BCUT2D eigenvalue weighted by atomic mass is 32.4. The summed E-state index contributed by atoms with van der Waals surface area (Å²) >= 11 is 2.16. The third kappa shape index (κ3) is 2.72. The Labute approximate surface area is 71.1 Å². The van der Waals surface area contributed by atoms with E-state index < -0.39 is 0 Å². The van der Waals surface area contributed by atoms with Crippen LogP contribution in [0.15, 0.2) is 30.3 Å². The minimum Gasteiger partial charge on any atom is -0.193 e. The predicted molar refractivity (Wildman–Crippen MR) is 56.2 cm³/mol. The lowest BCUT2D eigenvalue weighted by Crippen LogP contribution is -1.83. The summed E-state index contributed by atoms with van der Waals surface area (Å²) in [6.45, 7) is 0. The lowest BCUT2D eigenvalue weighted by molar-refractivity contribution is 1.43. The molecule has 1 rings (SSSR count). The van der Waals surface area contributed by atoms with Gasteiger partial charge >= 0.3 is 0 Å². The number of hydrogen-bond acceptors (Lipinski definition) is 1. The van der Waals surface area contributed by atoms with Crippen LogP contribution in [-0.2, 0) is 5.75 Å². The minimum absolute atomic E-state index is 0.326. The fraction of sp³-hybridized carbons (Fsp3) is 0.143. The third-order valence-corrected chi connectivity index (χ3v) is 7.77. The van der Waals surface area contributed by atoms with Gasteiger partial charge in [-0.25, -0.2) is 0 Å². The van der Waals surface area contributed by atoms with E-state index in [-0.39, 0.29) is 0 Å². The maximum absolute atomic E-state index is 2.21. The summed E-state index contributed by atoms with van der Waals surface area (Å²) in [4.78, 5) is 0. The average Bonchev–Trinajstić information content (AvgIpc) is 2.03. The topological polar surface area (TPSA) is 0 Å². The first-order valence-corrected chi connectivity index (χ1v) is 12.1. The smallest absolute Gasteiger partial charge is 0.0681 e. The normalized spacial score (nSPS) is 11.2. The molecular weight excluding hydrogens is 172 g/mol. The zero-order valence-electron chi connectivity index (χ0n) is 6.21. The number of benzene rings is 1. The molecule has 10 heavy (non-hydrogen) atoms.